The number of nitrogens with zero attached hydrogens (tertiary/aromatic N) is 1. The van der Waals surface area contributed by atoms with Crippen molar-refractivity contribution < 1.29 is 14.3 Å². The zero-order valence-electron chi connectivity index (χ0n) is 7.86. The van der Waals surface area contributed by atoms with Crippen molar-refractivity contribution in [2.75, 3.05) is 13.2 Å². The maximum Gasteiger partial charge on any atom is 0.410 e. The standard InChI is InChI=1S/C9H15NO3/c1-2-13-9(12)10-6-4-3-5-8(10)7-11/h7-8H,2-6H2,1H3. The maximum atomic E-state index is 11.3. The molecule has 4 heteroatoms. The second kappa shape index (κ2) is 4.84. The molecule has 0 saturated carbocycles. The highest BCUT2D eigenvalue weighted by Crippen LogP contribution is 2.16. The Bertz CT molecular complexity index is 193. The van der Waals surface area contributed by atoms with E-state index in [4.69, 9.17) is 4.74 Å². The molecular formula is C9H15NO3. The Morgan fingerprint density at radius 1 is 1.62 bits per heavy atom. The first kappa shape index (κ1) is 10.0. The van der Waals surface area contributed by atoms with Crippen LogP contribution in [0.3, 0.4) is 0 Å². The van der Waals surface area contributed by atoms with Gasteiger partial charge in [-0.25, -0.2) is 4.79 Å². The molecule has 0 aliphatic carbocycles. The quantitative estimate of drug-likeness (QED) is 0.607. The SMILES string of the molecule is CCOC(=O)N1CCCCC1C=O. The summed E-state index contributed by atoms with van der Waals surface area (Å²) in [5.74, 6) is 0. The van der Waals surface area contributed by atoms with E-state index in [1.54, 1.807) is 6.92 Å². The predicted molar refractivity (Wildman–Crippen MR) is 47.4 cm³/mol. The van der Waals surface area contributed by atoms with Crippen LogP contribution in [-0.2, 0) is 9.53 Å². The van der Waals surface area contributed by atoms with Crippen LogP contribution in [0.1, 0.15) is 26.2 Å². The van der Waals surface area contributed by atoms with Gasteiger partial charge in [0.15, 0.2) is 0 Å². The highest BCUT2D eigenvalue weighted by Gasteiger charge is 2.26. The molecule has 0 N–H and O–H groups in total. The van der Waals surface area contributed by atoms with E-state index in [1.807, 2.05) is 0 Å². The molecule has 1 saturated heterocycles. The molecule has 13 heavy (non-hydrogen) atoms. The average Bonchev–Trinajstić information content (AvgIpc) is 2.18. The van der Waals surface area contributed by atoms with Gasteiger partial charge in [-0.15, -0.1) is 0 Å². The molecule has 1 fully saturated rings. The summed E-state index contributed by atoms with van der Waals surface area (Å²) in [4.78, 5) is 23.5. The zero-order chi connectivity index (χ0) is 9.68. The molecule has 0 aromatic heterocycles. The molecule has 1 aliphatic heterocycles. The van der Waals surface area contributed by atoms with Gasteiger partial charge in [-0.3, -0.25) is 4.90 Å². The third-order valence-corrected chi connectivity index (χ3v) is 2.21. The Balaban J connectivity index is 2.53. The fraction of sp³-hybridized carbons (Fsp3) is 0.778. The van der Waals surface area contributed by atoms with Crippen LogP contribution >= 0.6 is 0 Å². The Morgan fingerprint density at radius 2 is 2.38 bits per heavy atom. The highest BCUT2D eigenvalue weighted by atomic mass is 16.6. The van der Waals surface area contributed by atoms with Crippen LogP contribution in [0.25, 0.3) is 0 Å². The number of carbonyl (C=O) groups is 2. The molecule has 1 amide bonds. The minimum Gasteiger partial charge on any atom is -0.450 e. The number of likely N-dealkylation sites (tertiary alicyclic amines) is 1. The maximum absolute atomic E-state index is 11.3. The van der Waals surface area contributed by atoms with E-state index in [1.165, 1.54) is 4.90 Å². The van der Waals surface area contributed by atoms with Crippen molar-refractivity contribution in [3.63, 3.8) is 0 Å². The van der Waals surface area contributed by atoms with Crippen molar-refractivity contribution in [3.8, 4) is 0 Å². The molecule has 0 radical (unpaired) electrons. The van der Waals surface area contributed by atoms with Crippen molar-refractivity contribution >= 4 is 12.4 Å². The van der Waals surface area contributed by atoms with Gasteiger partial charge >= 0.3 is 6.09 Å². The van der Waals surface area contributed by atoms with Crippen molar-refractivity contribution in [3.05, 3.63) is 0 Å². The van der Waals surface area contributed by atoms with Crippen molar-refractivity contribution in [2.45, 2.75) is 32.2 Å². The van der Waals surface area contributed by atoms with E-state index in [2.05, 4.69) is 0 Å². The van der Waals surface area contributed by atoms with Gasteiger partial charge in [-0.05, 0) is 26.2 Å². The summed E-state index contributed by atoms with van der Waals surface area (Å²) in [5.41, 5.74) is 0. The fourth-order valence-electron chi connectivity index (χ4n) is 1.53. The number of amides is 1. The molecule has 0 aromatic carbocycles. The Hall–Kier alpha value is -1.06. The van der Waals surface area contributed by atoms with Gasteiger partial charge in [0, 0.05) is 6.54 Å². The lowest BCUT2D eigenvalue weighted by atomic mass is 10.0. The molecule has 4 nitrogen and oxygen atoms in total. The Kier molecular flexibility index (Phi) is 3.73. The first-order chi connectivity index (χ1) is 6.29. The molecule has 74 valence electrons. The molecular weight excluding hydrogens is 170 g/mol. The lowest BCUT2D eigenvalue weighted by Gasteiger charge is -2.31. The molecule has 1 rings (SSSR count). The summed E-state index contributed by atoms with van der Waals surface area (Å²) in [6.07, 6.45) is 3.21. The molecule has 0 aromatic rings. The highest BCUT2D eigenvalue weighted by molar-refractivity contribution is 5.73. The topological polar surface area (TPSA) is 46.6 Å². The number of carbonyl (C=O) groups excluding carboxylic acids is 2. The second-order valence-electron chi connectivity index (χ2n) is 3.09. The summed E-state index contributed by atoms with van der Waals surface area (Å²) in [6.45, 7) is 2.76. The lowest BCUT2D eigenvalue weighted by Crippen LogP contribution is -2.44. The second-order valence-corrected chi connectivity index (χ2v) is 3.09. The van der Waals surface area contributed by atoms with Crippen LogP contribution in [0.2, 0.25) is 0 Å². The molecule has 1 unspecified atom stereocenters. The lowest BCUT2D eigenvalue weighted by molar-refractivity contribution is -0.113. The minimum atomic E-state index is -0.362. The van der Waals surface area contributed by atoms with Gasteiger partial charge in [-0.2, -0.15) is 0 Å². The monoisotopic (exact) mass is 185 g/mol. The Morgan fingerprint density at radius 3 is 3.00 bits per heavy atom. The number of hydrogen-bond acceptors (Lipinski definition) is 3. The van der Waals surface area contributed by atoms with Crippen LogP contribution in [0, 0.1) is 0 Å². The van der Waals surface area contributed by atoms with Crippen molar-refractivity contribution in [2.24, 2.45) is 0 Å². The average molecular weight is 185 g/mol. The summed E-state index contributed by atoms with van der Waals surface area (Å²) in [6, 6.07) is -0.271. The first-order valence-corrected chi connectivity index (χ1v) is 4.68. The van der Waals surface area contributed by atoms with E-state index in [0.29, 0.717) is 13.2 Å². The molecule has 1 aliphatic rings. The summed E-state index contributed by atoms with van der Waals surface area (Å²) in [7, 11) is 0. The van der Waals surface area contributed by atoms with E-state index >= 15 is 0 Å². The van der Waals surface area contributed by atoms with Gasteiger partial charge in [0.05, 0.1) is 12.6 Å². The van der Waals surface area contributed by atoms with Crippen LogP contribution in [0.5, 0.6) is 0 Å². The van der Waals surface area contributed by atoms with Crippen molar-refractivity contribution in [1.29, 1.82) is 0 Å². The number of aldehydes is 1. The normalized spacial score (nSPS) is 22.5. The van der Waals surface area contributed by atoms with Gasteiger partial charge in [0.25, 0.3) is 0 Å². The number of piperidine rings is 1. The summed E-state index contributed by atoms with van der Waals surface area (Å²) in [5, 5.41) is 0. The minimum absolute atomic E-state index is 0.271. The third-order valence-electron chi connectivity index (χ3n) is 2.21. The van der Waals surface area contributed by atoms with Gasteiger partial charge in [-0.1, -0.05) is 0 Å². The number of rotatable bonds is 2. The van der Waals surface area contributed by atoms with Gasteiger partial charge < -0.3 is 9.53 Å². The van der Waals surface area contributed by atoms with Gasteiger partial charge in [0.1, 0.15) is 6.29 Å². The molecule has 1 atom stereocenters. The van der Waals surface area contributed by atoms with E-state index in [9.17, 15) is 9.59 Å². The van der Waals surface area contributed by atoms with Crippen molar-refractivity contribution in [1.82, 2.24) is 4.90 Å². The van der Waals surface area contributed by atoms with Crippen LogP contribution < -0.4 is 0 Å². The zero-order valence-corrected chi connectivity index (χ0v) is 7.86. The van der Waals surface area contributed by atoms with Crippen LogP contribution in [0.15, 0.2) is 0 Å². The number of ether oxygens (including phenoxy) is 1. The third kappa shape index (κ3) is 2.44. The number of hydrogen-bond donors (Lipinski definition) is 0. The van der Waals surface area contributed by atoms with Gasteiger partial charge in [0.2, 0.25) is 0 Å². The van der Waals surface area contributed by atoms with Crippen LogP contribution in [0.4, 0.5) is 4.79 Å². The Labute approximate surface area is 77.8 Å². The molecule has 1 heterocycles. The first-order valence-electron chi connectivity index (χ1n) is 4.68. The smallest absolute Gasteiger partial charge is 0.410 e. The van der Waals surface area contributed by atoms with Crippen LogP contribution in [-0.4, -0.2) is 36.5 Å². The van der Waals surface area contributed by atoms with E-state index < -0.39 is 0 Å². The predicted octanol–water partition coefficient (Wildman–Crippen LogP) is 1.20. The summed E-state index contributed by atoms with van der Waals surface area (Å²) < 4.78 is 4.84. The molecule has 0 spiro atoms. The largest absolute Gasteiger partial charge is 0.450 e. The summed E-state index contributed by atoms with van der Waals surface area (Å²) >= 11 is 0. The fourth-order valence-corrected chi connectivity index (χ4v) is 1.53. The van der Waals surface area contributed by atoms with E-state index in [-0.39, 0.29) is 12.1 Å². The molecule has 0 bridgehead atoms. The van der Waals surface area contributed by atoms with E-state index in [0.717, 1.165) is 25.5 Å².